The van der Waals surface area contributed by atoms with Gasteiger partial charge in [0, 0.05) is 31.6 Å². The van der Waals surface area contributed by atoms with E-state index >= 15 is 0 Å². The highest BCUT2D eigenvalue weighted by molar-refractivity contribution is 7.88. The van der Waals surface area contributed by atoms with Crippen LogP contribution in [0.25, 0.3) is 0 Å². The summed E-state index contributed by atoms with van der Waals surface area (Å²) in [6.45, 7) is 3.63. The molecule has 166 valence electrons. The van der Waals surface area contributed by atoms with Gasteiger partial charge in [0.2, 0.25) is 15.9 Å². The van der Waals surface area contributed by atoms with E-state index in [4.69, 9.17) is 0 Å². The van der Waals surface area contributed by atoms with Crippen molar-refractivity contribution >= 4 is 15.9 Å². The van der Waals surface area contributed by atoms with Crippen molar-refractivity contribution in [3.05, 3.63) is 71.8 Å². The molecule has 2 aromatic rings. The van der Waals surface area contributed by atoms with Crippen molar-refractivity contribution < 1.29 is 13.2 Å². The Hall–Kier alpha value is -2.18. The van der Waals surface area contributed by atoms with Crippen molar-refractivity contribution in [1.82, 2.24) is 9.21 Å². The van der Waals surface area contributed by atoms with Crippen LogP contribution in [-0.4, -0.2) is 42.7 Å². The number of carbonyl (C=O) groups excluding carboxylic acids is 1. The van der Waals surface area contributed by atoms with Crippen molar-refractivity contribution in [2.24, 2.45) is 11.8 Å². The minimum atomic E-state index is -3.37. The van der Waals surface area contributed by atoms with Gasteiger partial charge < -0.3 is 4.90 Å². The molecule has 0 aromatic heterocycles. The first-order valence-corrected chi connectivity index (χ1v) is 12.9. The Morgan fingerprint density at radius 1 is 0.935 bits per heavy atom. The zero-order valence-electron chi connectivity index (χ0n) is 18.2. The Morgan fingerprint density at radius 3 is 2.03 bits per heavy atom. The van der Waals surface area contributed by atoms with Gasteiger partial charge >= 0.3 is 0 Å². The SMILES string of the molecule is CC(C1CC1)N(Cc1ccccc1)C(=O)C1CCN(S(=O)(=O)Cc2ccccc2)CC1. The van der Waals surface area contributed by atoms with Crippen LogP contribution in [0.2, 0.25) is 0 Å². The summed E-state index contributed by atoms with van der Waals surface area (Å²) in [6.07, 6.45) is 3.57. The smallest absolute Gasteiger partial charge is 0.226 e. The third kappa shape index (κ3) is 5.55. The molecule has 5 nitrogen and oxygen atoms in total. The van der Waals surface area contributed by atoms with Crippen LogP contribution >= 0.6 is 0 Å². The van der Waals surface area contributed by atoms with Gasteiger partial charge in [0.25, 0.3) is 0 Å². The van der Waals surface area contributed by atoms with Gasteiger partial charge in [-0.15, -0.1) is 0 Å². The zero-order chi connectivity index (χ0) is 21.8. The Bertz CT molecular complexity index is 966. The molecule has 31 heavy (non-hydrogen) atoms. The highest BCUT2D eigenvalue weighted by Gasteiger charge is 2.38. The topological polar surface area (TPSA) is 57.7 Å². The number of amides is 1. The van der Waals surface area contributed by atoms with E-state index in [0.29, 0.717) is 38.4 Å². The largest absolute Gasteiger partial charge is 0.335 e. The van der Waals surface area contributed by atoms with Crippen LogP contribution in [0.1, 0.15) is 43.7 Å². The quantitative estimate of drug-likeness (QED) is 0.622. The summed E-state index contributed by atoms with van der Waals surface area (Å²) in [6, 6.07) is 19.7. The minimum absolute atomic E-state index is 0.0191. The lowest BCUT2D eigenvalue weighted by Gasteiger charge is -2.36. The lowest BCUT2D eigenvalue weighted by Crippen LogP contribution is -2.47. The monoisotopic (exact) mass is 440 g/mol. The summed E-state index contributed by atoms with van der Waals surface area (Å²) in [5.41, 5.74) is 1.94. The van der Waals surface area contributed by atoms with Crippen LogP contribution in [0, 0.1) is 11.8 Å². The Balaban J connectivity index is 1.39. The van der Waals surface area contributed by atoms with Crippen molar-refractivity contribution in [3.8, 4) is 0 Å². The predicted molar refractivity (Wildman–Crippen MR) is 123 cm³/mol. The fourth-order valence-electron chi connectivity index (χ4n) is 4.53. The van der Waals surface area contributed by atoms with Gasteiger partial charge in [-0.3, -0.25) is 4.79 Å². The molecule has 1 saturated heterocycles. The number of hydrogen-bond acceptors (Lipinski definition) is 3. The lowest BCUT2D eigenvalue weighted by molar-refractivity contribution is -0.140. The van der Waals surface area contributed by atoms with Gasteiger partial charge in [0.1, 0.15) is 0 Å². The molecule has 0 spiro atoms. The zero-order valence-corrected chi connectivity index (χ0v) is 19.0. The number of benzene rings is 2. The molecule has 6 heteroatoms. The highest BCUT2D eigenvalue weighted by atomic mass is 32.2. The van der Waals surface area contributed by atoms with Crippen LogP contribution in [-0.2, 0) is 27.1 Å². The number of piperidine rings is 1. The number of carbonyl (C=O) groups is 1. The van der Waals surface area contributed by atoms with Crippen molar-refractivity contribution in [2.75, 3.05) is 13.1 Å². The summed E-state index contributed by atoms with van der Waals surface area (Å²) in [7, 11) is -3.37. The molecule has 1 saturated carbocycles. The fraction of sp³-hybridized carbons (Fsp3) is 0.480. The average Bonchev–Trinajstić information content (AvgIpc) is 3.63. The normalized spacial score (nSPS) is 19.1. The van der Waals surface area contributed by atoms with Crippen LogP contribution in [0.15, 0.2) is 60.7 Å². The van der Waals surface area contributed by atoms with Crippen LogP contribution in [0.3, 0.4) is 0 Å². The molecule has 2 aromatic carbocycles. The van der Waals surface area contributed by atoms with Gasteiger partial charge in [-0.05, 0) is 49.7 Å². The molecule has 1 aliphatic heterocycles. The Kier molecular flexibility index (Phi) is 6.77. The van der Waals surface area contributed by atoms with Crippen LogP contribution in [0.5, 0.6) is 0 Å². The molecule has 1 heterocycles. The molecule has 2 fully saturated rings. The van der Waals surface area contributed by atoms with E-state index in [1.807, 2.05) is 53.4 Å². The van der Waals surface area contributed by atoms with Crippen molar-refractivity contribution in [3.63, 3.8) is 0 Å². The molecule has 2 aliphatic rings. The minimum Gasteiger partial charge on any atom is -0.335 e. The van der Waals surface area contributed by atoms with E-state index in [1.165, 1.54) is 12.8 Å². The second kappa shape index (κ2) is 9.53. The summed E-state index contributed by atoms with van der Waals surface area (Å²) in [5.74, 6) is 0.695. The molecular weight excluding hydrogens is 408 g/mol. The van der Waals surface area contributed by atoms with Crippen LogP contribution in [0.4, 0.5) is 0 Å². The lowest BCUT2D eigenvalue weighted by atomic mass is 9.95. The van der Waals surface area contributed by atoms with E-state index in [1.54, 1.807) is 4.31 Å². The van der Waals surface area contributed by atoms with E-state index in [2.05, 4.69) is 19.1 Å². The maximum Gasteiger partial charge on any atom is 0.226 e. The van der Waals surface area contributed by atoms with E-state index in [-0.39, 0.29) is 23.6 Å². The molecule has 0 radical (unpaired) electrons. The Labute approximate surface area is 186 Å². The average molecular weight is 441 g/mol. The fourth-order valence-corrected chi connectivity index (χ4v) is 6.09. The summed E-state index contributed by atoms with van der Waals surface area (Å²) in [5, 5.41) is 0. The highest BCUT2D eigenvalue weighted by Crippen LogP contribution is 2.37. The predicted octanol–water partition coefficient (Wildman–Crippen LogP) is 4.06. The maximum atomic E-state index is 13.5. The van der Waals surface area contributed by atoms with Crippen molar-refractivity contribution in [2.45, 2.75) is 50.9 Å². The number of rotatable bonds is 8. The standard InChI is InChI=1S/C25H32N2O3S/c1-20(23-12-13-23)27(18-21-8-4-2-5-9-21)25(28)24-14-16-26(17-15-24)31(29,30)19-22-10-6-3-7-11-22/h2-11,20,23-24H,12-19H2,1H3. The molecule has 1 aliphatic carbocycles. The summed E-state index contributed by atoms with van der Waals surface area (Å²) in [4.78, 5) is 15.5. The first-order chi connectivity index (χ1) is 14.9. The molecular formula is C25H32N2O3S. The third-order valence-electron chi connectivity index (χ3n) is 6.66. The van der Waals surface area contributed by atoms with Gasteiger partial charge in [0.15, 0.2) is 0 Å². The maximum absolute atomic E-state index is 13.5. The first kappa shape index (κ1) is 22.0. The second-order valence-corrected chi connectivity index (χ2v) is 10.9. The van der Waals surface area contributed by atoms with E-state index in [0.717, 1.165) is 11.1 Å². The van der Waals surface area contributed by atoms with Gasteiger partial charge in [-0.25, -0.2) is 12.7 Å². The molecule has 1 amide bonds. The number of sulfonamides is 1. The molecule has 4 rings (SSSR count). The van der Waals surface area contributed by atoms with Gasteiger partial charge in [-0.2, -0.15) is 0 Å². The second-order valence-electron chi connectivity index (χ2n) is 8.94. The number of hydrogen-bond donors (Lipinski definition) is 0. The van der Waals surface area contributed by atoms with Gasteiger partial charge in [0.05, 0.1) is 5.75 Å². The van der Waals surface area contributed by atoms with E-state index in [9.17, 15) is 13.2 Å². The summed E-state index contributed by atoms with van der Waals surface area (Å²) >= 11 is 0. The number of nitrogens with zero attached hydrogens (tertiary/aromatic N) is 2. The van der Waals surface area contributed by atoms with Crippen molar-refractivity contribution in [1.29, 1.82) is 0 Å². The first-order valence-electron chi connectivity index (χ1n) is 11.3. The molecule has 1 unspecified atom stereocenters. The molecule has 0 bridgehead atoms. The Morgan fingerprint density at radius 2 is 1.48 bits per heavy atom. The van der Waals surface area contributed by atoms with Crippen LogP contribution < -0.4 is 0 Å². The van der Waals surface area contributed by atoms with Gasteiger partial charge in [-0.1, -0.05) is 60.7 Å². The molecule has 1 atom stereocenters. The van der Waals surface area contributed by atoms with E-state index < -0.39 is 10.0 Å². The third-order valence-corrected chi connectivity index (χ3v) is 8.51. The molecule has 0 N–H and O–H groups in total. The summed E-state index contributed by atoms with van der Waals surface area (Å²) < 4.78 is 27.3.